The number of nitrogens with zero attached hydrogens (tertiary/aromatic N) is 3. The maximum absolute atomic E-state index is 5.35. The van der Waals surface area contributed by atoms with Crippen molar-refractivity contribution >= 4 is 86.2 Å². The van der Waals surface area contributed by atoms with Crippen LogP contribution in [0.25, 0.3) is 198 Å². The summed E-state index contributed by atoms with van der Waals surface area (Å²) >= 11 is 0. The van der Waals surface area contributed by atoms with Crippen LogP contribution >= 0.6 is 0 Å². The molecule has 0 atom stereocenters. The molecule has 17 aromatic rings. The molecule has 2 heterocycles. The highest BCUT2D eigenvalue weighted by molar-refractivity contribution is 6.33. The molecule has 3 heteroatoms. The van der Waals surface area contributed by atoms with Crippen LogP contribution in [-0.4, -0.2) is 15.0 Å². The van der Waals surface area contributed by atoms with E-state index in [9.17, 15) is 0 Å². The molecule has 0 saturated carbocycles. The van der Waals surface area contributed by atoms with Crippen molar-refractivity contribution in [2.45, 2.75) is 0 Å². The first-order valence-corrected chi connectivity index (χ1v) is 29.6. The lowest BCUT2D eigenvalue weighted by Crippen LogP contribution is -1.94. The number of aromatic nitrogens is 3. The molecule has 86 heavy (non-hydrogen) atoms. The normalized spacial score (nSPS) is 12.2. The van der Waals surface area contributed by atoms with Gasteiger partial charge in [-0.15, -0.1) is 0 Å². The monoisotopic (exact) mass is 1090 g/mol. The lowest BCUT2D eigenvalue weighted by Gasteiger charge is -2.16. The van der Waals surface area contributed by atoms with Crippen LogP contribution in [0.4, 0.5) is 0 Å². The molecular formula is C83H47N3. The molecule has 2 aromatic heterocycles. The highest BCUT2D eigenvalue weighted by Gasteiger charge is 2.30. The van der Waals surface area contributed by atoms with Crippen molar-refractivity contribution < 1.29 is 0 Å². The maximum atomic E-state index is 5.35. The van der Waals surface area contributed by atoms with Gasteiger partial charge in [-0.05, 0) is 201 Å². The zero-order chi connectivity index (χ0) is 56.1. The van der Waals surface area contributed by atoms with E-state index in [1.165, 1.54) is 143 Å². The van der Waals surface area contributed by atoms with E-state index in [0.717, 1.165) is 49.6 Å². The van der Waals surface area contributed by atoms with E-state index in [1.807, 2.05) is 12.3 Å². The molecule has 0 aliphatic heterocycles. The summed E-state index contributed by atoms with van der Waals surface area (Å²) < 4.78 is 0. The fraction of sp³-hybridized carbons (Fsp3) is 0. The third-order valence-electron chi connectivity index (χ3n) is 18.8. The van der Waals surface area contributed by atoms with Crippen molar-refractivity contribution in [3.05, 3.63) is 285 Å². The summed E-state index contributed by atoms with van der Waals surface area (Å²) in [6, 6.07) is 101. The predicted molar refractivity (Wildman–Crippen MR) is 361 cm³/mol. The van der Waals surface area contributed by atoms with Gasteiger partial charge in [0.15, 0.2) is 5.82 Å². The number of pyridine rings is 1. The van der Waals surface area contributed by atoms with Gasteiger partial charge in [0.2, 0.25) is 0 Å². The summed E-state index contributed by atoms with van der Waals surface area (Å²) in [5.41, 5.74) is 22.5. The predicted octanol–water partition coefficient (Wildman–Crippen LogP) is 22.4. The summed E-state index contributed by atoms with van der Waals surface area (Å²) in [6.45, 7) is 0. The van der Waals surface area contributed by atoms with E-state index < -0.39 is 0 Å². The second-order valence-electron chi connectivity index (χ2n) is 23.2. The van der Waals surface area contributed by atoms with Crippen LogP contribution in [0.2, 0.25) is 0 Å². The molecule has 0 radical (unpaired) electrons. The Bertz CT molecular complexity index is 5750. The van der Waals surface area contributed by atoms with E-state index in [-0.39, 0.29) is 0 Å². The Hall–Kier alpha value is -11.4. The molecule has 3 nitrogen and oxygen atoms in total. The SMILES string of the molecule is c1ccc(-c2ccc3c(-c4ccnc(-c5ccc6c7c(cccc57)-c5c-6c6ccc(-c7cc8cc(-c9ccc%10c%11c(cccc9%11)-c9c-%10c%10ccccc%10c%10ccccc9%10)cc(-c9ccccc9)c8cn7)cc6c6ccccc56)n4)cccc3c2)cc1. The Morgan fingerprint density at radius 2 is 0.709 bits per heavy atom. The van der Waals surface area contributed by atoms with Gasteiger partial charge < -0.3 is 0 Å². The lowest BCUT2D eigenvalue weighted by atomic mass is 9.88. The summed E-state index contributed by atoms with van der Waals surface area (Å²) in [7, 11) is 0. The molecule has 19 rings (SSSR count). The molecule has 0 spiro atoms. The van der Waals surface area contributed by atoms with Gasteiger partial charge in [0.1, 0.15) is 0 Å². The molecule has 0 unspecified atom stereocenters. The molecule has 2 aliphatic carbocycles. The van der Waals surface area contributed by atoms with E-state index in [0.29, 0.717) is 5.82 Å². The van der Waals surface area contributed by atoms with E-state index in [1.54, 1.807) is 0 Å². The molecule has 0 N–H and O–H groups in total. The number of benzene rings is 15. The minimum Gasteiger partial charge on any atom is -0.256 e. The number of rotatable bonds is 6. The standard InChI is InChI=1S/C83H47N3/c1-3-16-48(17-4-1)50-32-34-55-51(42-50)20-13-27-60(55)75-40-41-84-83(86-75)67-37-39-71-78-65(67)29-15-31-69(78)80-64-26-12-9-23-59(64)73-44-52(33-35-66(73)82(71)80)76-46-54-43-53(45-72(74(54)47-85-76)49-18-5-2-6-19-49)56-36-38-70-77-61(56)28-14-30-68(77)79-62-24-10-7-21-57(62)58-22-8-11-25-63(58)81(70)79/h1-47H. The molecule has 0 saturated heterocycles. The molecular weight excluding hydrogens is 1040 g/mol. The zero-order valence-electron chi connectivity index (χ0n) is 46.5. The third-order valence-corrected chi connectivity index (χ3v) is 18.8. The van der Waals surface area contributed by atoms with Crippen molar-refractivity contribution in [2.75, 3.05) is 0 Å². The molecule has 15 aromatic carbocycles. The van der Waals surface area contributed by atoms with E-state index in [4.69, 9.17) is 15.0 Å². The van der Waals surface area contributed by atoms with Crippen molar-refractivity contribution in [2.24, 2.45) is 0 Å². The fourth-order valence-corrected chi connectivity index (χ4v) is 15.1. The van der Waals surface area contributed by atoms with E-state index in [2.05, 4.69) is 273 Å². The van der Waals surface area contributed by atoms with Gasteiger partial charge in [-0.1, -0.05) is 231 Å². The minimum absolute atomic E-state index is 0.712. The topological polar surface area (TPSA) is 38.7 Å². The van der Waals surface area contributed by atoms with Crippen LogP contribution in [-0.2, 0) is 0 Å². The molecule has 0 bridgehead atoms. The van der Waals surface area contributed by atoms with Crippen molar-refractivity contribution in [1.29, 1.82) is 0 Å². The second-order valence-corrected chi connectivity index (χ2v) is 23.2. The molecule has 0 fully saturated rings. The third kappa shape index (κ3) is 6.76. The van der Waals surface area contributed by atoms with Gasteiger partial charge >= 0.3 is 0 Å². The lowest BCUT2D eigenvalue weighted by molar-refractivity contribution is 1.19. The average molecular weight is 1090 g/mol. The molecule has 2 aliphatic rings. The second kappa shape index (κ2) is 18.1. The first-order valence-electron chi connectivity index (χ1n) is 29.6. The van der Waals surface area contributed by atoms with Crippen LogP contribution in [0.15, 0.2) is 285 Å². The minimum atomic E-state index is 0.712. The Morgan fingerprint density at radius 1 is 0.209 bits per heavy atom. The van der Waals surface area contributed by atoms with Gasteiger partial charge in [-0.25, -0.2) is 9.97 Å². The van der Waals surface area contributed by atoms with Crippen molar-refractivity contribution in [3.63, 3.8) is 0 Å². The summed E-state index contributed by atoms with van der Waals surface area (Å²) in [5, 5.41) is 19.7. The summed E-state index contributed by atoms with van der Waals surface area (Å²) in [4.78, 5) is 15.6. The Balaban J connectivity index is 0.740. The van der Waals surface area contributed by atoms with Crippen LogP contribution in [0.5, 0.6) is 0 Å². The molecule has 0 amide bonds. The first-order chi connectivity index (χ1) is 42.7. The number of hydrogen-bond acceptors (Lipinski definition) is 3. The van der Waals surface area contributed by atoms with Gasteiger partial charge in [-0.3, -0.25) is 4.98 Å². The number of hydrogen-bond donors (Lipinski definition) is 0. The first kappa shape index (κ1) is 47.1. The van der Waals surface area contributed by atoms with Crippen molar-refractivity contribution in [3.8, 4) is 112 Å². The average Bonchev–Trinajstić information content (AvgIpc) is 1.62. The molecule has 394 valence electrons. The quantitative estimate of drug-likeness (QED) is 0.156. The van der Waals surface area contributed by atoms with Crippen LogP contribution in [0.1, 0.15) is 0 Å². The maximum Gasteiger partial charge on any atom is 0.160 e. The summed E-state index contributed by atoms with van der Waals surface area (Å²) in [5.74, 6) is 0.712. The smallest absolute Gasteiger partial charge is 0.160 e. The van der Waals surface area contributed by atoms with Gasteiger partial charge in [0, 0.05) is 34.5 Å². The fourth-order valence-electron chi connectivity index (χ4n) is 15.1. The van der Waals surface area contributed by atoms with Crippen LogP contribution < -0.4 is 0 Å². The van der Waals surface area contributed by atoms with Gasteiger partial charge in [0.05, 0.1) is 11.4 Å². The Morgan fingerprint density at radius 3 is 1.38 bits per heavy atom. The largest absolute Gasteiger partial charge is 0.256 e. The Kier molecular flexibility index (Phi) is 9.90. The van der Waals surface area contributed by atoms with E-state index >= 15 is 0 Å². The highest BCUT2D eigenvalue weighted by Crippen LogP contribution is 2.57. The summed E-state index contributed by atoms with van der Waals surface area (Å²) in [6.07, 6.45) is 4.01. The van der Waals surface area contributed by atoms with Crippen molar-refractivity contribution in [1.82, 2.24) is 15.0 Å². The zero-order valence-corrected chi connectivity index (χ0v) is 46.5. The van der Waals surface area contributed by atoms with Gasteiger partial charge in [-0.2, -0.15) is 0 Å². The van der Waals surface area contributed by atoms with Crippen LogP contribution in [0.3, 0.4) is 0 Å². The van der Waals surface area contributed by atoms with Gasteiger partial charge in [0.25, 0.3) is 0 Å². The van der Waals surface area contributed by atoms with Crippen LogP contribution in [0, 0.1) is 0 Å². The highest BCUT2D eigenvalue weighted by atomic mass is 14.9. The number of fused-ring (bicyclic) bond motifs is 18. The Labute approximate surface area is 495 Å².